The van der Waals surface area contributed by atoms with Crippen LogP contribution >= 0.6 is 11.8 Å². The highest BCUT2D eigenvalue weighted by atomic mass is 32.2. The molecule has 0 amide bonds. The van der Waals surface area contributed by atoms with Crippen molar-refractivity contribution in [2.75, 3.05) is 17.8 Å². The van der Waals surface area contributed by atoms with Crippen LogP contribution in [0.4, 0.5) is 5.82 Å². The highest BCUT2D eigenvalue weighted by Gasteiger charge is 2.11. The molecular weight excluding hydrogens is 236 g/mol. The summed E-state index contributed by atoms with van der Waals surface area (Å²) in [6.07, 6.45) is 3.43. The van der Waals surface area contributed by atoms with Crippen molar-refractivity contribution in [2.45, 2.75) is 31.7 Å². The molecule has 1 unspecified atom stereocenters. The molecular formula is C11H20N4OS. The normalized spacial score (nSPS) is 12.5. The molecule has 1 atom stereocenters. The Morgan fingerprint density at radius 3 is 2.88 bits per heavy atom. The molecule has 0 aromatic carbocycles. The second-order valence-electron chi connectivity index (χ2n) is 4.00. The zero-order valence-electron chi connectivity index (χ0n) is 10.3. The van der Waals surface area contributed by atoms with Crippen LogP contribution in [0.5, 0.6) is 0 Å². The van der Waals surface area contributed by atoms with Gasteiger partial charge in [0.25, 0.3) is 0 Å². The van der Waals surface area contributed by atoms with Crippen molar-refractivity contribution in [3.05, 3.63) is 11.9 Å². The summed E-state index contributed by atoms with van der Waals surface area (Å²) in [6, 6.07) is 0. The van der Waals surface area contributed by atoms with Crippen LogP contribution in [-0.2, 0) is 6.42 Å². The lowest BCUT2D eigenvalue weighted by atomic mass is 10.2. The van der Waals surface area contributed by atoms with Gasteiger partial charge in [-0.2, -0.15) is 0 Å². The van der Waals surface area contributed by atoms with E-state index < -0.39 is 0 Å². The maximum absolute atomic E-state index is 9.01. The lowest BCUT2D eigenvalue weighted by Crippen LogP contribution is -2.13. The summed E-state index contributed by atoms with van der Waals surface area (Å²) < 4.78 is 0. The quantitative estimate of drug-likeness (QED) is 0.296. The molecule has 1 aromatic rings. The number of hydrogen-bond donors (Lipinski definition) is 3. The van der Waals surface area contributed by atoms with Gasteiger partial charge in [0.05, 0.1) is 0 Å². The molecule has 0 fully saturated rings. The summed E-state index contributed by atoms with van der Waals surface area (Å²) in [7, 11) is 0. The van der Waals surface area contributed by atoms with Crippen LogP contribution in [0.1, 0.15) is 25.8 Å². The lowest BCUT2D eigenvalue weighted by Gasteiger charge is -2.12. The Morgan fingerprint density at radius 2 is 2.29 bits per heavy atom. The predicted octanol–water partition coefficient (Wildman–Crippen LogP) is 1.44. The SMILES string of the molecule is CCCc1c(NN)ncnc1SCC(C)CO. The third-order valence-corrected chi connectivity index (χ3v) is 3.72. The van der Waals surface area contributed by atoms with Gasteiger partial charge in [0, 0.05) is 17.9 Å². The second-order valence-corrected chi connectivity index (χ2v) is 5.01. The first-order valence-electron chi connectivity index (χ1n) is 5.77. The molecule has 0 bridgehead atoms. The van der Waals surface area contributed by atoms with E-state index in [-0.39, 0.29) is 12.5 Å². The van der Waals surface area contributed by atoms with Gasteiger partial charge in [-0.1, -0.05) is 20.3 Å². The molecule has 1 rings (SSSR count). The third kappa shape index (κ3) is 4.14. The van der Waals surface area contributed by atoms with Crippen molar-refractivity contribution < 1.29 is 5.11 Å². The zero-order chi connectivity index (χ0) is 12.7. The van der Waals surface area contributed by atoms with E-state index >= 15 is 0 Å². The van der Waals surface area contributed by atoms with Gasteiger partial charge in [-0.05, 0) is 12.3 Å². The number of rotatable bonds is 7. The molecule has 1 aromatic heterocycles. The number of nitrogens with zero attached hydrogens (tertiary/aromatic N) is 2. The van der Waals surface area contributed by atoms with Crippen LogP contribution in [-0.4, -0.2) is 27.4 Å². The van der Waals surface area contributed by atoms with Crippen LogP contribution in [0.2, 0.25) is 0 Å². The molecule has 5 nitrogen and oxygen atoms in total. The molecule has 1 heterocycles. The number of anilines is 1. The van der Waals surface area contributed by atoms with Gasteiger partial charge in [0.2, 0.25) is 0 Å². The van der Waals surface area contributed by atoms with E-state index in [1.54, 1.807) is 11.8 Å². The lowest BCUT2D eigenvalue weighted by molar-refractivity contribution is 0.250. The number of hydrazine groups is 1. The average Bonchev–Trinajstić information content (AvgIpc) is 2.37. The molecule has 0 aliphatic rings. The molecule has 0 spiro atoms. The standard InChI is InChI=1S/C11H20N4OS/c1-3-4-9-10(15-12)13-7-14-11(9)17-6-8(2)5-16/h7-8,16H,3-6,12H2,1-2H3,(H,13,14,15). The molecule has 0 saturated heterocycles. The monoisotopic (exact) mass is 256 g/mol. The fourth-order valence-electron chi connectivity index (χ4n) is 1.39. The van der Waals surface area contributed by atoms with Crippen molar-refractivity contribution in [1.82, 2.24) is 9.97 Å². The first-order chi connectivity index (χ1) is 8.22. The van der Waals surface area contributed by atoms with Crippen molar-refractivity contribution in [3.63, 3.8) is 0 Å². The Hall–Kier alpha value is -0.850. The first kappa shape index (κ1) is 14.2. The Balaban J connectivity index is 2.82. The third-order valence-electron chi connectivity index (χ3n) is 2.36. The van der Waals surface area contributed by atoms with E-state index in [0.29, 0.717) is 5.82 Å². The van der Waals surface area contributed by atoms with E-state index in [2.05, 4.69) is 22.3 Å². The number of nitrogens with one attached hydrogen (secondary N) is 1. The molecule has 17 heavy (non-hydrogen) atoms. The molecule has 0 aliphatic heterocycles. The van der Waals surface area contributed by atoms with E-state index in [0.717, 1.165) is 29.2 Å². The maximum atomic E-state index is 9.01. The van der Waals surface area contributed by atoms with Crippen LogP contribution in [0.3, 0.4) is 0 Å². The summed E-state index contributed by atoms with van der Waals surface area (Å²) in [5.74, 6) is 7.24. The maximum Gasteiger partial charge on any atom is 0.147 e. The number of aliphatic hydroxyl groups is 1. The van der Waals surface area contributed by atoms with Crippen LogP contribution in [0, 0.1) is 5.92 Å². The summed E-state index contributed by atoms with van der Waals surface area (Å²) in [4.78, 5) is 8.40. The molecule has 6 heteroatoms. The minimum absolute atomic E-state index is 0.198. The van der Waals surface area contributed by atoms with Gasteiger partial charge in [-0.25, -0.2) is 15.8 Å². The topological polar surface area (TPSA) is 84.1 Å². The van der Waals surface area contributed by atoms with Crippen LogP contribution in [0.25, 0.3) is 0 Å². The molecule has 4 N–H and O–H groups in total. The highest BCUT2D eigenvalue weighted by molar-refractivity contribution is 7.99. The summed E-state index contributed by atoms with van der Waals surface area (Å²) in [5.41, 5.74) is 3.67. The average molecular weight is 256 g/mol. The summed E-state index contributed by atoms with van der Waals surface area (Å²) >= 11 is 1.64. The van der Waals surface area contributed by atoms with E-state index in [9.17, 15) is 0 Å². The van der Waals surface area contributed by atoms with Crippen molar-refractivity contribution >= 4 is 17.6 Å². The van der Waals surface area contributed by atoms with Crippen molar-refractivity contribution in [1.29, 1.82) is 0 Å². The van der Waals surface area contributed by atoms with Crippen molar-refractivity contribution in [3.8, 4) is 0 Å². The number of nitrogen functional groups attached to an aromatic ring is 1. The fraction of sp³-hybridized carbons (Fsp3) is 0.636. The summed E-state index contributed by atoms with van der Waals surface area (Å²) in [6.45, 7) is 4.32. The molecule has 0 radical (unpaired) electrons. The minimum Gasteiger partial charge on any atom is -0.396 e. The number of thioether (sulfide) groups is 1. The fourth-order valence-corrected chi connectivity index (χ4v) is 2.44. The van der Waals surface area contributed by atoms with Gasteiger partial charge in [-0.15, -0.1) is 11.8 Å². The van der Waals surface area contributed by atoms with Gasteiger partial charge < -0.3 is 10.5 Å². The number of nitrogens with two attached hydrogens (primary N) is 1. The van der Waals surface area contributed by atoms with E-state index in [1.807, 2.05) is 6.92 Å². The van der Waals surface area contributed by atoms with Gasteiger partial charge >= 0.3 is 0 Å². The Morgan fingerprint density at radius 1 is 1.53 bits per heavy atom. The molecule has 0 saturated carbocycles. The zero-order valence-corrected chi connectivity index (χ0v) is 11.1. The van der Waals surface area contributed by atoms with Gasteiger partial charge in [-0.3, -0.25) is 0 Å². The van der Waals surface area contributed by atoms with Crippen molar-refractivity contribution in [2.24, 2.45) is 11.8 Å². The number of aromatic nitrogens is 2. The van der Waals surface area contributed by atoms with Gasteiger partial charge in [0.15, 0.2) is 0 Å². The Bertz CT molecular complexity index is 348. The minimum atomic E-state index is 0.198. The number of aliphatic hydroxyl groups excluding tert-OH is 1. The molecule has 0 aliphatic carbocycles. The predicted molar refractivity (Wildman–Crippen MR) is 70.8 cm³/mol. The van der Waals surface area contributed by atoms with E-state index in [1.165, 1.54) is 6.33 Å². The Labute approximate surface area is 106 Å². The first-order valence-corrected chi connectivity index (χ1v) is 6.75. The van der Waals surface area contributed by atoms with Crippen LogP contribution < -0.4 is 11.3 Å². The smallest absolute Gasteiger partial charge is 0.147 e. The van der Waals surface area contributed by atoms with Gasteiger partial charge in [0.1, 0.15) is 17.2 Å². The van der Waals surface area contributed by atoms with E-state index in [4.69, 9.17) is 10.9 Å². The number of hydrogen-bond acceptors (Lipinski definition) is 6. The van der Waals surface area contributed by atoms with Crippen LogP contribution in [0.15, 0.2) is 11.4 Å². The Kier molecular flexibility index (Phi) is 6.25. The highest BCUT2D eigenvalue weighted by Crippen LogP contribution is 2.27. The summed E-state index contributed by atoms with van der Waals surface area (Å²) in [5, 5.41) is 9.96. The molecule has 96 valence electrons. The largest absolute Gasteiger partial charge is 0.396 e. The second kappa shape index (κ2) is 7.47.